The molecule has 1 N–H and O–H groups in total. The van der Waals surface area contributed by atoms with Crippen molar-refractivity contribution in [2.24, 2.45) is 0 Å². The number of benzene rings is 2. The fraction of sp³-hybridized carbons (Fsp3) is 0.333. The van der Waals surface area contributed by atoms with E-state index in [4.69, 9.17) is 0 Å². The minimum atomic E-state index is -2.97. The third-order valence-electron chi connectivity index (χ3n) is 3.61. The lowest BCUT2D eigenvalue weighted by molar-refractivity contribution is 0.519. The van der Waals surface area contributed by atoms with Crippen LogP contribution in [0, 0.1) is 0 Å². The molecule has 22 heavy (non-hydrogen) atoms. The molecule has 0 radical (unpaired) electrons. The zero-order valence-corrected chi connectivity index (χ0v) is 13.9. The molecular weight excluding hydrogens is 294 g/mol. The molecule has 0 aliphatic carbocycles. The van der Waals surface area contributed by atoms with E-state index in [1.807, 2.05) is 30.3 Å². The third kappa shape index (κ3) is 5.28. The molecule has 0 aromatic heterocycles. The van der Waals surface area contributed by atoms with Crippen LogP contribution in [-0.4, -0.2) is 14.7 Å². The Morgan fingerprint density at radius 3 is 2.09 bits per heavy atom. The van der Waals surface area contributed by atoms with Gasteiger partial charge in [-0.25, -0.2) is 8.42 Å². The number of rotatable bonds is 7. The number of nitrogens with one attached hydrogen (secondary N) is 1. The van der Waals surface area contributed by atoms with E-state index >= 15 is 0 Å². The van der Waals surface area contributed by atoms with Gasteiger partial charge in [-0.15, -0.1) is 0 Å². The summed E-state index contributed by atoms with van der Waals surface area (Å²) in [5.74, 6) is 0.0995. The predicted octanol–water partition coefficient (Wildman–Crippen LogP) is 3.47. The third-order valence-corrected chi connectivity index (χ3v) is 4.47. The topological polar surface area (TPSA) is 46.2 Å². The molecule has 118 valence electrons. The van der Waals surface area contributed by atoms with Gasteiger partial charge in [0.25, 0.3) is 0 Å². The summed E-state index contributed by atoms with van der Waals surface area (Å²) in [7, 11) is -2.97. The molecule has 0 fully saturated rings. The molecule has 0 spiro atoms. The molecule has 4 heteroatoms. The van der Waals surface area contributed by atoms with Crippen LogP contribution in [0.5, 0.6) is 0 Å². The van der Waals surface area contributed by atoms with E-state index in [0.717, 1.165) is 24.1 Å². The van der Waals surface area contributed by atoms with Gasteiger partial charge < -0.3 is 5.32 Å². The zero-order chi connectivity index (χ0) is 16.0. The highest BCUT2D eigenvalue weighted by molar-refractivity contribution is 7.89. The first-order chi connectivity index (χ1) is 10.5. The summed E-state index contributed by atoms with van der Waals surface area (Å²) in [6.45, 7) is 2.94. The van der Waals surface area contributed by atoms with Gasteiger partial charge in [0.1, 0.15) is 0 Å². The number of hydrogen-bond donors (Lipinski definition) is 1. The minimum Gasteiger partial charge on any atom is -0.306 e. The van der Waals surface area contributed by atoms with Gasteiger partial charge in [0.05, 0.1) is 5.75 Å². The van der Waals surface area contributed by atoms with Gasteiger partial charge >= 0.3 is 0 Å². The fourth-order valence-corrected chi connectivity index (χ4v) is 3.28. The smallest absolute Gasteiger partial charge is 0.151 e. The van der Waals surface area contributed by atoms with Gasteiger partial charge in [0.15, 0.2) is 9.84 Å². The minimum absolute atomic E-state index is 0.0995. The summed E-state index contributed by atoms with van der Waals surface area (Å²) in [5.41, 5.74) is 3.28. The lowest BCUT2D eigenvalue weighted by Crippen LogP contribution is -2.20. The molecule has 0 saturated heterocycles. The molecule has 1 atom stereocenters. The van der Waals surface area contributed by atoms with Gasteiger partial charge in [-0.3, -0.25) is 0 Å². The van der Waals surface area contributed by atoms with E-state index in [0.29, 0.717) is 6.04 Å². The van der Waals surface area contributed by atoms with Crippen LogP contribution in [0.25, 0.3) is 0 Å². The second kappa shape index (κ2) is 7.56. The molecule has 0 aliphatic rings. The van der Waals surface area contributed by atoms with E-state index in [1.165, 1.54) is 11.8 Å². The maximum absolute atomic E-state index is 11.3. The summed E-state index contributed by atoms with van der Waals surface area (Å²) in [4.78, 5) is 0. The van der Waals surface area contributed by atoms with E-state index in [-0.39, 0.29) is 5.75 Å². The highest BCUT2D eigenvalue weighted by Gasteiger charge is 2.08. The molecule has 0 amide bonds. The average Bonchev–Trinajstić information content (AvgIpc) is 2.49. The van der Waals surface area contributed by atoms with Crippen LogP contribution >= 0.6 is 0 Å². The Balaban J connectivity index is 1.96. The second-order valence-corrected chi connectivity index (χ2v) is 7.78. The summed E-state index contributed by atoms with van der Waals surface area (Å²) >= 11 is 0. The Morgan fingerprint density at radius 1 is 0.955 bits per heavy atom. The van der Waals surface area contributed by atoms with E-state index in [1.54, 1.807) is 0 Å². The van der Waals surface area contributed by atoms with E-state index in [2.05, 4.69) is 36.5 Å². The molecule has 2 aromatic rings. The molecule has 0 bridgehead atoms. The second-order valence-electron chi connectivity index (χ2n) is 5.64. The van der Waals surface area contributed by atoms with Crippen LogP contribution in [0.4, 0.5) is 0 Å². The first-order valence-corrected chi connectivity index (χ1v) is 9.58. The lowest BCUT2D eigenvalue weighted by Gasteiger charge is -2.17. The maximum atomic E-state index is 11.3. The molecule has 0 saturated carbocycles. The van der Waals surface area contributed by atoms with Crippen molar-refractivity contribution in [3.05, 3.63) is 71.3 Å². The lowest BCUT2D eigenvalue weighted by atomic mass is 10.0. The van der Waals surface area contributed by atoms with Crippen LogP contribution in [0.1, 0.15) is 36.1 Å². The SMILES string of the molecule is CC[C@H](NCc1ccc(CS(C)(=O)=O)cc1)c1ccccc1. The molecule has 0 unspecified atom stereocenters. The Labute approximate surface area is 133 Å². The first-order valence-electron chi connectivity index (χ1n) is 7.52. The molecule has 2 rings (SSSR count). The van der Waals surface area contributed by atoms with Gasteiger partial charge in [-0.05, 0) is 23.1 Å². The summed E-state index contributed by atoms with van der Waals surface area (Å²) in [6, 6.07) is 18.5. The first kappa shape index (κ1) is 16.7. The predicted molar refractivity (Wildman–Crippen MR) is 91.3 cm³/mol. The molecular formula is C18H23NO2S. The average molecular weight is 317 g/mol. The van der Waals surface area contributed by atoms with Crippen LogP contribution in [0.2, 0.25) is 0 Å². The monoisotopic (exact) mass is 317 g/mol. The molecule has 3 nitrogen and oxygen atoms in total. The Bertz CT molecular complexity index is 679. The quantitative estimate of drug-likeness (QED) is 0.850. The van der Waals surface area contributed by atoms with Crippen LogP contribution in [0.3, 0.4) is 0 Å². The van der Waals surface area contributed by atoms with E-state index < -0.39 is 9.84 Å². The standard InChI is InChI=1S/C18H23NO2S/c1-3-18(17-7-5-4-6-8-17)19-13-15-9-11-16(12-10-15)14-22(2,20)21/h4-12,18-19H,3,13-14H2,1-2H3/t18-/m0/s1. The summed E-state index contributed by atoms with van der Waals surface area (Å²) in [5, 5.41) is 3.55. The van der Waals surface area contributed by atoms with Gasteiger partial charge in [-0.1, -0.05) is 61.5 Å². The number of hydrogen-bond acceptors (Lipinski definition) is 3. The van der Waals surface area contributed by atoms with Crippen molar-refractivity contribution in [1.29, 1.82) is 0 Å². The summed E-state index contributed by atoms with van der Waals surface area (Å²) in [6.07, 6.45) is 2.28. The van der Waals surface area contributed by atoms with Crippen molar-refractivity contribution >= 4 is 9.84 Å². The Morgan fingerprint density at radius 2 is 1.55 bits per heavy atom. The molecule has 0 heterocycles. The zero-order valence-electron chi connectivity index (χ0n) is 13.1. The van der Waals surface area contributed by atoms with Gasteiger partial charge in [-0.2, -0.15) is 0 Å². The normalized spacial score (nSPS) is 13.0. The largest absolute Gasteiger partial charge is 0.306 e. The maximum Gasteiger partial charge on any atom is 0.151 e. The van der Waals surface area contributed by atoms with Crippen molar-refractivity contribution in [1.82, 2.24) is 5.32 Å². The van der Waals surface area contributed by atoms with Gasteiger partial charge in [0, 0.05) is 18.8 Å². The Kier molecular flexibility index (Phi) is 5.75. The highest BCUT2D eigenvalue weighted by Crippen LogP contribution is 2.17. The van der Waals surface area contributed by atoms with Crippen molar-refractivity contribution in [3.8, 4) is 0 Å². The number of sulfone groups is 1. The highest BCUT2D eigenvalue weighted by atomic mass is 32.2. The Hall–Kier alpha value is -1.65. The van der Waals surface area contributed by atoms with E-state index in [9.17, 15) is 8.42 Å². The van der Waals surface area contributed by atoms with Crippen LogP contribution in [-0.2, 0) is 22.1 Å². The molecule has 2 aromatic carbocycles. The van der Waals surface area contributed by atoms with Crippen LogP contribution in [0.15, 0.2) is 54.6 Å². The van der Waals surface area contributed by atoms with Gasteiger partial charge in [0.2, 0.25) is 0 Å². The van der Waals surface area contributed by atoms with Crippen LogP contribution < -0.4 is 5.32 Å². The summed E-state index contributed by atoms with van der Waals surface area (Å²) < 4.78 is 22.6. The van der Waals surface area contributed by atoms with Crippen molar-refractivity contribution in [2.45, 2.75) is 31.7 Å². The van der Waals surface area contributed by atoms with Crippen molar-refractivity contribution in [2.75, 3.05) is 6.26 Å². The molecule has 0 aliphatic heterocycles. The van der Waals surface area contributed by atoms with Crippen molar-refractivity contribution < 1.29 is 8.42 Å². The fourth-order valence-electron chi connectivity index (χ4n) is 2.48. The van der Waals surface area contributed by atoms with Crippen molar-refractivity contribution in [3.63, 3.8) is 0 Å².